The van der Waals surface area contributed by atoms with E-state index in [0.717, 1.165) is 5.56 Å². The fourth-order valence-electron chi connectivity index (χ4n) is 2.13. The summed E-state index contributed by atoms with van der Waals surface area (Å²) >= 11 is 0. The maximum Gasteiger partial charge on any atom is 0.491 e. The van der Waals surface area contributed by atoms with Gasteiger partial charge in [-0.1, -0.05) is 12.1 Å². The van der Waals surface area contributed by atoms with Crippen LogP contribution in [-0.2, 0) is 11.3 Å². The molecular formula is C14H11BFNO3. The van der Waals surface area contributed by atoms with Gasteiger partial charge in [-0.2, -0.15) is 0 Å². The summed E-state index contributed by atoms with van der Waals surface area (Å²) in [4.78, 5) is 12.0. The van der Waals surface area contributed by atoms with Crippen molar-refractivity contribution < 1.29 is 18.9 Å². The molecule has 1 heterocycles. The first-order chi connectivity index (χ1) is 9.63. The van der Waals surface area contributed by atoms with Gasteiger partial charge in [-0.25, -0.2) is 4.39 Å². The molecule has 1 amide bonds. The van der Waals surface area contributed by atoms with Crippen molar-refractivity contribution in [3.63, 3.8) is 0 Å². The van der Waals surface area contributed by atoms with Crippen molar-refractivity contribution in [3.8, 4) is 0 Å². The van der Waals surface area contributed by atoms with Crippen LogP contribution in [0.15, 0.2) is 42.5 Å². The number of carbonyl (C=O) groups is 1. The molecule has 0 saturated heterocycles. The summed E-state index contributed by atoms with van der Waals surface area (Å²) in [5.74, 6) is -0.867. The van der Waals surface area contributed by atoms with Crippen molar-refractivity contribution >= 4 is 24.2 Å². The van der Waals surface area contributed by atoms with Crippen molar-refractivity contribution in [3.05, 3.63) is 59.4 Å². The predicted molar refractivity (Wildman–Crippen MR) is 73.2 cm³/mol. The molecule has 0 unspecified atom stereocenters. The third kappa shape index (κ3) is 2.43. The van der Waals surface area contributed by atoms with Gasteiger partial charge in [0.1, 0.15) is 5.82 Å². The number of nitrogens with one attached hydrogen (secondary N) is 1. The first kappa shape index (κ1) is 12.8. The highest BCUT2D eigenvalue weighted by molar-refractivity contribution is 6.61. The maximum atomic E-state index is 13.1. The Bertz CT molecular complexity index is 677. The first-order valence-corrected chi connectivity index (χ1v) is 6.13. The summed E-state index contributed by atoms with van der Waals surface area (Å²) in [5, 5.41) is 12.3. The highest BCUT2D eigenvalue weighted by atomic mass is 19.1. The Kier molecular flexibility index (Phi) is 3.26. The number of carbonyl (C=O) groups excluding carboxylic acids is 1. The van der Waals surface area contributed by atoms with Crippen LogP contribution in [0.1, 0.15) is 15.9 Å². The van der Waals surface area contributed by atoms with Crippen molar-refractivity contribution in [2.45, 2.75) is 6.61 Å². The van der Waals surface area contributed by atoms with E-state index in [1.54, 1.807) is 18.2 Å². The Balaban J connectivity index is 1.82. The summed E-state index contributed by atoms with van der Waals surface area (Å²) in [6.45, 7) is 0.356. The second-order valence-electron chi connectivity index (χ2n) is 4.54. The molecule has 0 saturated carbocycles. The third-order valence-electron chi connectivity index (χ3n) is 3.15. The van der Waals surface area contributed by atoms with E-state index in [4.69, 9.17) is 4.65 Å². The number of amides is 1. The van der Waals surface area contributed by atoms with Crippen LogP contribution in [0.4, 0.5) is 10.1 Å². The Morgan fingerprint density at radius 2 is 2.15 bits per heavy atom. The third-order valence-corrected chi connectivity index (χ3v) is 3.15. The minimum atomic E-state index is -0.962. The summed E-state index contributed by atoms with van der Waals surface area (Å²) in [6.07, 6.45) is 0. The van der Waals surface area contributed by atoms with Crippen molar-refractivity contribution in [1.82, 2.24) is 0 Å². The Morgan fingerprint density at radius 3 is 2.95 bits per heavy atom. The molecule has 2 N–H and O–H groups in total. The number of rotatable bonds is 2. The van der Waals surface area contributed by atoms with Gasteiger partial charge in [-0.3, -0.25) is 4.79 Å². The van der Waals surface area contributed by atoms with E-state index in [2.05, 4.69) is 5.32 Å². The van der Waals surface area contributed by atoms with Crippen LogP contribution in [0, 0.1) is 5.82 Å². The molecule has 6 heteroatoms. The molecule has 2 aromatic rings. The van der Waals surface area contributed by atoms with Gasteiger partial charge < -0.3 is 15.0 Å². The minimum absolute atomic E-state index is 0.238. The summed E-state index contributed by atoms with van der Waals surface area (Å²) in [6, 6.07) is 10.6. The standard InChI is InChI=1S/C14H11BFNO3/c16-11-3-1-2-9(6-11)14(18)17-12-5-4-10-8-20-15(19)13(10)7-12/h1-7,19H,8H2,(H,17,18). The van der Waals surface area contributed by atoms with Gasteiger partial charge >= 0.3 is 7.12 Å². The number of hydrogen-bond acceptors (Lipinski definition) is 3. The average Bonchev–Trinajstić information content (AvgIpc) is 2.80. The first-order valence-electron chi connectivity index (χ1n) is 6.13. The van der Waals surface area contributed by atoms with E-state index in [1.165, 1.54) is 24.3 Å². The van der Waals surface area contributed by atoms with E-state index in [9.17, 15) is 14.2 Å². The molecule has 0 atom stereocenters. The summed E-state index contributed by atoms with van der Waals surface area (Å²) in [5.41, 5.74) is 2.30. The molecule has 1 aliphatic heterocycles. The molecule has 0 bridgehead atoms. The Labute approximate surface area is 115 Å². The lowest BCUT2D eigenvalue weighted by molar-refractivity contribution is 0.102. The molecular weight excluding hydrogens is 260 g/mol. The average molecular weight is 271 g/mol. The quantitative estimate of drug-likeness (QED) is 0.809. The maximum absolute atomic E-state index is 13.1. The van der Waals surface area contributed by atoms with Crippen LogP contribution >= 0.6 is 0 Å². The number of hydrogen-bond donors (Lipinski definition) is 2. The highest BCUT2D eigenvalue weighted by Crippen LogP contribution is 2.15. The molecule has 0 aromatic heterocycles. The van der Waals surface area contributed by atoms with Crippen LogP contribution in [-0.4, -0.2) is 18.0 Å². The van der Waals surface area contributed by atoms with Gasteiger partial charge in [0.2, 0.25) is 0 Å². The number of anilines is 1. The second kappa shape index (κ2) is 5.07. The largest absolute Gasteiger partial charge is 0.491 e. The zero-order chi connectivity index (χ0) is 14.1. The van der Waals surface area contributed by atoms with Gasteiger partial charge in [0.25, 0.3) is 5.91 Å². The number of fused-ring (bicyclic) bond motifs is 1. The molecule has 0 radical (unpaired) electrons. The Morgan fingerprint density at radius 1 is 1.30 bits per heavy atom. The van der Waals surface area contributed by atoms with Crippen molar-refractivity contribution in [1.29, 1.82) is 0 Å². The van der Waals surface area contributed by atoms with Crippen molar-refractivity contribution in [2.75, 3.05) is 5.32 Å². The van der Waals surface area contributed by atoms with Crippen LogP contribution in [0.3, 0.4) is 0 Å². The molecule has 1 aliphatic rings. The van der Waals surface area contributed by atoms with Gasteiger partial charge in [0, 0.05) is 11.3 Å². The Hall–Kier alpha value is -2.18. The SMILES string of the molecule is O=C(Nc1ccc2c(c1)B(O)OC2)c1cccc(F)c1. The van der Waals surface area contributed by atoms with Crippen LogP contribution in [0.25, 0.3) is 0 Å². The van der Waals surface area contributed by atoms with Gasteiger partial charge in [-0.05, 0) is 41.4 Å². The van der Waals surface area contributed by atoms with E-state index in [-0.39, 0.29) is 5.56 Å². The lowest BCUT2D eigenvalue weighted by Gasteiger charge is -2.07. The molecule has 4 nitrogen and oxygen atoms in total. The molecule has 0 aliphatic carbocycles. The lowest BCUT2D eigenvalue weighted by Crippen LogP contribution is -2.28. The normalized spacial score (nSPS) is 13.2. The van der Waals surface area contributed by atoms with E-state index in [1.807, 2.05) is 0 Å². The van der Waals surface area contributed by atoms with E-state index < -0.39 is 18.8 Å². The molecule has 20 heavy (non-hydrogen) atoms. The monoisotopic (exact) mass is 271 g/mol. The highest BCUT2D eigenvalue weighted by Gasteiger charge is 2.27. The van der Waals surface area contributed by atoms with Gasteiger partial charge in [-0.15, -0.1) is 0 Å². The number of benzene rings is 2. The zero-order valence-corrected chi connectivity index (χ0v) is 10.5. The van der Waals surface area contributed by atoms with E-state index >= 15 is 0 Å². The van der Waals surface area contributed by atoms with Crippen molar-refractivity contribution in [2.24, 2.45) is 0 Å². The zero-order valence-electron chi connectivity index (χ0n) is 10.5. The predicted octanol–water partition coefficient (Wildman–Crippen LogP) is 1.30. The number of halogens is 1. The molecule has 2 aromatic carbocycles. The lowest BCUT2D eigenvalue weighted by atomic mass is 9.79. The van der Waals surface area contributed by atoms with E-state index in [0.29, 0.717) is 17.8 Å². The van der Waals surface area contributed by atoms with Gasteiger partial charge in [0.05, 0.1) is 6.61 Å². The molecule has 0 spiro atoms. The topological polar surface area (TPSA) is 58.6 Å². The van der Waals surface area contributed by atoms with Crippen LogP contribution < -0.4 is 10.8 Å². The summed E-state index contributed by atoms with van der Waals surface area (Å²) in [7, 11) is -0.962. The smallest absolute Gasteiger partial charge is 0.423 e. The fraction of sp³-hybridized carbons (Fsp3) is 0.0714. The van der Waals surface area contributed by atoms with Gasteiger partial charge in [0.15, 0.2) is 0 Å². The summed E-state index contributed by atoms with van der Waals surface area (Å²) < 4.78 is 18.1. The molecule has 100 valence electrons. The van der Waals surface area contributed by atoms with Crippen LogP contribution in [0.2, 0.25) is 0 Å². The molecule has 0 fully saturated rings. The fourth-order valence-corrected chi connectivity index (χ4v) is 2.13. The molecule has 3 rings (SSSR count). The minimum Gasteiger partial charge on any atom is -0.423 e. The second-order valence-corrected chi connectivity index (χ2v) is 4.54. The van der Waals surface area contributed by atoms with Crippen LogP contribution in [0.5, 0.6) is 0 Å².